The number of nitrogens with one attached hydrogen (secondary N) is 1. The minimum absolute atomic E-state index is 0.0122. The van der Waals surface area contributed by atoms with E-state index in [1.54, 1.807) is 23.2 Å². The standard InChI is InChI=1S/C13H12ClN3O2S/c14-10-3-1-2-4-11(10)16-12(18)17-7-9(8-17)19-13-15-5-6-20-13/h1-6,9H,7-8H2,(H,16,18). The Morgan fingerprint density at radius 3 is 2.95 bits per heavy atom. The summed E-state index contributed by atoms with van der Waals surface area (Å²) in [5, 5.41) is 5.80. The smallest absolute Gasteiger partial charge is 0.322 e. The third-order valence-electron chi connectivity index (χ3n) is 2.93. The minimum atomic E-state index is -0.169. The van der Waals surface area contributed by atoms with Gasteiger partial charge in [0.1, 0.15) is 6.10 Å². The maximum Gasteiger partial charge on any atom is 0.322 e. The van der Waals surface area contributed by atoms with Gasteiger partial charge in [-0.05, 0) is 12.1 Å². The molecule has 5 nitrogen and oxygen atoms in total. The summed E-state index contributed by atoms with van der Waals surface area (Å²) in [6.07, 6.45) is 1.71. The second-order valence-electron chi connectivity index (χ2n) is 4.35. The number of para-hydroxylation sites is 1. The van der Waals surface area contributed by atoms with Crippen molar-refractivity contribution in [2.75, 3.05) is 18.4 Å². The van der Waals surface area contributed by atoms with Crippen LogP contribution in [0.4, 0.5) is 10.5 Å². The summed E-state index contributed by atoms with van der Waals surface area (Å²) in [7, 11) is 0. The van der Waals surface area contributed by atoms with E-state index in [0.29, 0.717) is 29.0 Å². The number of aromatic nitrogens is 1. The number of urea groups is 1. The number of thiazole rings is 1. The lowest BCUT2D eigenvalue weighted by atomic mass is 10.2. The molecule has 2 amide bonds. The average Bonchev–Trinajstić information content (AvgIpc) is 2.89. The first-order chi connectivity index (χ1) is 9.72. The molecule has 0 unspecified atom stereocenters. The highest BCUT2D eigenvalue weighted by Crippen LogP contribution is 2.23. The van der Waals surface area contributed by atoms with E-state index in [1.807, 2.05) is 17.5 Å². The first-order valence-electron chi connectivity index (χ1n) is 6.09. The van der Waals surface area contributed by atoms with Crippen molar-refractivity contribution in [1.82, 2.24) is 9.88 Å². The molecule has 3 rings (SSSR count). The van der Waals surface area contributed by atoms with Gasteiger partial charge in [-0.3, -0.25) is 0 Å². The molecular weight excluding hydrogens is 298 g/mol. The van der Waals surface area contributed by atoms with E-state index < -0.39 is 0 Å². The number of ether oxygens (including phenoxy) is 1. The molecule has 0 saturated carbocycles. The summed E-state index contributed by atoms with van der Waals surface area (Å²) in [6.45, 7) is 1.10. The molecule has 20 heavy (non-hydrogen) atoms. The van der Waals surface area contributed by atoms with Crippen LogP contribution in [0.25, 0.3) is 0 Å². The van der Waals surface area contributed by atoms with Crippen LogP contribution in [0.15, 0.2) is 35.8 Å². The number of anilines is 1. The molecule has 7 heteroatoms. The van der Waals surface area contributed by atoms with E-state index in [-0.39, 0.29) is 12.1 Å². The fourth-order valence-corrected chi connectivity index (χ4v) is 2.58. The second kappa shape index (κ2) is 5.68. The number of likely N-dealkylation sites (tertiary alicyclic amines) is 1. The van der Waals surface area contributed by atoms with Crippen molar-refractivity contribution < 1.29 is 9.53 Å². The summed E-state index contributed by atoms with van der Waals surface area (Å²) in [4.78, 5) is 17.7. The monoisotopic (exact) mass is 309 g/mol. The van der Waals surface area contributed by atoms with Gasteiger partial charge >= 0.3 is 6.03 Å². The predicted octanol–water partition coefficient (Wildman–Crippen LogP) is 3.09. The second-order valence-corrected chi connectivity index (χ2v) is 5.62. The Kier molecular flexibility index (Phi) is 3.75. The average molecular weight is 310 g/mol. The number of halogens is 1. The van der Waals surface area contributed by atoms with Gasteiger partial charge in [0.15, 0.2) is 0 Å². The molecule has 1 aliphatic rings. The van der Waals surface area contributed by atoms with E-state index in [0.717, 1.165) is 0 Å². The third kappa shape index (κ3) is 2.86. The summed E-state index contributed by atoms with van der Waals surface area (Å²) in [6, 6.07) is 6.98. The molecule has 1 fully saturated rings. The Morgan fingerprint density at radius 2 is 2.25 bits per heavy atom. The molecule has 2 aromatic rings. The summed E-state index contributed by atoms with van der Waals surface area (Å²) in [5.74, 6) is 0. The fraction of sp³-hybridized carbons (Fsp3) is 0.231. The third-order valence-corrected chi connectivity index (χ3v) is 3.92. The Balaban J connectivity index is 1.50. The number of nitrogens with zero attached hydrogens (tertiary/aromatic N) is 2. The van der Waals surface area contributed by atoms with E-state index >= 15 is 0 Å². The van der Waals surface area contributed by atoms with Crippen LogP contribution in [0.5, 0.6) is 5.19 Å². The number of hydrogen-bond acceptors (Lipinski definition) is 4. The SMILES string of the molecule is O=C(Nc1ccccc1Cl)N1CC(Oc2nccs2)C1. The van der Waals surface area contributed by atoms with Gasteiger partial charge in [-0.15, -0.1) is 0 Å². The topological polar surface area (TPSA) is 54.5 Å². The lowest BCUT2D eigenvalue weighted by Crippen LogP contribution is -2.57. The van der Waals surface area contributed by atoms with Gasteiger partial charge in [0, 0.05) is 11.6 Å². The Hall–Kier alpha value is -1.79. The maximum absolute atomic E-state index is 12.0. The molecule has 1 aliphatic heterocycles. The molecule has 104 valence electrons. The van der Waals surface area contributed by atoms with Crippen molar-refractivity contribution in [3.63, 3.8) is 0 Å². The van der Waals surface area contributed by atoms with Crippen LogP contribution in [0.2, 0.25) is 5.02 Å². The number of rotatable bonds is 3. The zero-order valence-electron chi connectivity index (χ0n) is 10.5. The van der Waals surface area contributed by atoms with Gasteiger partial charge in [-0.25, -0.2) is 9.78 Å². The van der Waals surface area contributed by atoms with Crippen LogP contribution in [-0.4, -0.2) is 35.1 Å². The number of benzene rings is 1. The summed E-state index contributed by atoms with van der Waals surface area (Å²) >= 11 is 7.44. The molecule has 2 heterocycles. The molecule has 0 aliphatic carbocycles. The van der Waals surface area contributed by atoms with Crippen molar-refractivity contribution in [3.05, 3.63) is 40.9 Å². The van der Waals surface area contributed by atoms with E-state index in [1.165, 1.54) is 11.3 Å². The molecule has 0 radical (unpaired) electrons. The Morgan fingerprint density at radius 1 is 1.45 bits per heavy atom. The van der Waals surface area contributed by atoms with Crippen molar-refractivity contribution in [1.29, 1.82) is 0 Å². The van der Waals surface area contributed by atoms with E-state index in [2.05, 4.69) is 10.3 Å². The van der Waals surface area contributed by atoms with Crippen molar-refractivity contribution in [2.45, 2.75) is 6.10 Å². The number of carbonyl (C=O) groups excluding carboxylic acids is 1. The van der Waals surface area contributed by atoms with Crippen molar-refractivity contribution in [3.8, 4) is 5.19 Å². The first kappa shape index (κ1) is 13.2. The van der Waals surface area contributed by atoms with Crippen LogP contribution < -0.4 is 10.1 Å². The zero-order valence-corrected chi connectivity index (χ0v) is 12.0. The van der Waals surface area contributed by atoms with E-state index in [9.17, 15) is 4.79 Å². The van der Waals surface area contributed by atoms with Gasteiger partial charge < -0.3 is 15.0 Å². The quantitative estimate of drug-likeness (QED) is 0.948. The zero-order chi connectivity index (χ0) is 13.9. The Labute approximate surface area is 125 Å². The predicted molar refractivity (Wildman–Crippen MR) is 78.6 cm³/mol. The van der Waals surface area contributed by atoms with Crippen LogP contribution in [0.3, 0.4) is 0 Å². The van der Waals surface area contributed by atoms with Gasteiger partial charge in [-0.1, -0.05) is 35.1 Å². The maximum atomic E-state index is 12.0. The Bertz CT molecular complexity index is 599. The first-order valence-corrected chi connectivity index (χ1v) is 7.35. The fourth-order valence-electron chi connectivity index (χ4n) is 1.85. The van der Waals surface area contributed by atoms with Crippen molar-refractivity contribution in [2.24, 2.45) is 0 Å². The molecule has 1 aromatic heterocycles. The van der Waals surface area contributed by atoms with Crippen LogP contribution in [0, 0.1) is 0 Å². The van der Waals surface area contributed by atoms with Gasteiger partial charge in [-0.2, -0.15) is 0 Å². The van der Waals surface area contributed by atoms with E-state index in [4.69, 9.17) is 16.3 Å². The number of carbonyl (C=O) groups is 1. The number of amides is 2. The molecular formula is C13H12ClN3O2S. The lowest BCUT2D eigenvalue weighted by Gasteiger charge is -2.38. The van der Waals surface area contributed by atoms with Crippen molar-refractivity contribution >= 4 is 34.7 Å². The van der Waals surface area contributed by atoms with Gasteiger partial charge in [0.25, 0.3) is 5.19 Å². The molecule has 0 spiro atoms. The normalized spacial score (nSPS) is 14.8. The molecule has 1 saturated heterocycles. The van der Waals surface area contributed by atoms with Crippen LogP contribution >= 0.6 is 22.9 Å². The van der Waals surface area contributed by atoms with Gasteiger partial charge in [0.05, 0.1) is 23.8 Å². The lowest BCUT2D eigenvalue weighted by molar-refractivity contribution is 0.0491. The van der Waals surface area contributed by atoms with Crippen LogP contribution in [-0.2, 0) is 0 Å². The summed E-state index contributed by atoms with van der Waals surface area (Å²) in [5.41, 5.74) is 0.614. The molecule has 0 bridgehead atoms. The minimum Gasteiger partial charge on any atom is -0.463 e. The molecule has 0 atom stereocenters. The number of hydrogen-bond donors (Lipinski definition) is 1. The highest BCUT2D eigenvalue weighted by molar-refractivity contribution is 7.11. The highest BCUT2D eigenvalue weighted by Gasteiger charge is 2.33. The molecule has 1 aromatic carbocycles. The van der Waals surface area contributed by atoms with Gasteiger partial charge in [0.2, 0.25) is 0 Å². The summed E-state index contributed by atoms with van der Waals surface area (Å²) < 4.78 is 5.60. The molecule has 1 N–H and O–H groups in total. The highest BCUT2D eigenvalue weighted by atomic mass is 35.5. The largest absolute Gasteiger partial charge is 0.463 e. The van der Waals surface area contributed by atoms with Crippen LogP contribution in [0.1, 0.15) is 0 Å².